The third-order valence-corrected chi connectivity index (χ3v) is 3.30. The zero-order valence-corrected chi connectivity index (χ0v) is 8.23. The number of nitrogens with zero attached hydrogens (tertiary/aromatic N) is 1. The summed E-state index contributed by atoms with van der Waals surface area (Å²) in [4.78, 5) is 0.822. The van der Waals surface area contributed by atoms with E-state index >= 15 is 0 Å². The molecule has 0 radical (unpaired) electrons. The van der Waals surface area contributed by atoms with Gasteiger partial charge in [-0.2, -0.15) is 5.26 Å². The van der Waals surface area contributed by atoms with Crippen molar-refractivity contribution < 1.29 is 0 Å². The molecular formula is C10H12N2S. The number of nitriles is 1. The van der Waals surface area contributed by atoms with Crippen molar-refractivity contribution in [2.24, 2.45) is 0 Å². The molecule has 0 amide bonds. The summed E-state index contributed by atoms with van der Waals surface area (Å²) in [6.45, 7) is 1.11. The Hall–Kier alpha value is -0.850. The van der Waals surface area contributed by atoms with E-state index in [0.29, 0.717) is 6.04 Å². The Balaban J connectivity index is 2.11. The van der Waals surface area contributed by atoms with Crippen LogP contribution in [0.1, 0.15) is 35.7 Å². The van der Waals surface area contributed by atoms with Gasteiger partial charge in [0.1, 0.15) is 10.9 Å². The Morgan fingerprint density at radius 2 is 2.46 bits per heavy atom. The lowest BCUT2D eigenvalue weighted by atomic mass is 10.00. The van der Waals surface area contributed by atoms with E-state index in [1.807, 2.05) is 6.07 Å². The van der Waals surface area contributed by atoms with Crippen LogP contribution < -0.4 is 5.32 Å². The fraction of sp³-hybridized carbons (Fsp3) is 0.500. The number of piperidine rings is 1. The van der Waals surface area contributed by atoms with Crippen LogP contribution in [0.3, 0.4) is 0 Å². The Bertz CT molecular complexity index is 318. The third kappa shape index (κ3) is 1.90. The predicted octanol–water partition coefficient (Wildman–Crippen LogP) is 2.43. The van der Waals surface area contributed by atoms with E-state index in [4.69, 9.17) is 5.26 Å². The molecule has 0 spiro atoms. The van der Waals surface area contributed by atoms with Crippen LogP contribution in [-0.2, 0) is 0 Å². The zero-order valence-electron chi connectivity index (χ0n) is 7.42. The van der Waals surface area contributed by atoms with E-state index in [0.717, 1.165) is 11.4 Å². The van der Waals surface area contributed by atoms with Crippen LogP contribution in [0.2, 0.25) is 0 Å². The Morgan fingerprint density at radius 1 is 1.54 bits per heavy atom. The van der Waals surface area contributed by atoms with Crippen molar-refractivity contribution in [2.45, 2.75) is 25.3 Å². The lowest BCUT2D eigenvalue weighted by Gasteiger charge is -2.22. The minimum Gasteiger partial charge on any atom is -0.310 e. The van der Waals surface area contributed by atoms with Gasteiger partial charge in [0.05, 0.1) is 0 Å². The fourth-order valence-corrected chi connectivity index (χ4v) is 2.48. The largest absolute Gasteiger partial charge is 0.310 e. The monoisotopic (exact) mass is 192 g/mol. The van der Waals surface area contributed by atoms with Crippen LogP contribution in [-0.4, -0.2) is 6.54 Å². The van der Waals surface area contributed by atoms with Crippen molar-refractivity contribution in [3.8, 4) is 6.07 Å². The van der Waals surface area contributed by atoms with Crippen molar-refractivity contribution in [2.75, 3.05) is 6.54 Å². The average molecular weight is 192 g/mol. The summed E-state index contributed by atoms with van der Waals surface area (Å²) in [7, 11) is 0. The van der Waals surface area contributed by atoms with Gasteiger partial charge in [-0.3, -0.25) is 0 Å². The highest BCUT2D eigenvalue weighted by atomic mass is 32.1. The van der Waals surface area contributed by atoms with Crippen molar-refractivity contribution in [1.82, 2.24) is 5.32 Å². The van der Waals surface area contributed by atoms with Gasteiger partial charge in [0, 0.05) is 6.04 Å². The first-order valence-electron chi connectivity index (χ1n) is 4.62. The van der Waals surface area contributed by atoms with Gasteiger partial charge in [-0.15, -0.1) is 11.3 Å². The molecule has 1 aliphatic rings. The summed E-state index contributed by atoms with van der Waals surface area (Å²) < 4.78 is 0. The van der Waals surface area contributed by atoms with Crippen LogP contribution in [0.5, 0.6) is 0 Å². The van der Waals surface area contributed by atoms with E-state index in [9.17, 15) is 0 Å². The number of nitrogens with one attached hydrogen (secondary N) is 1. The van der Waals surface area contributed by atoms with E-state index in [-0.39, 0.29) is 0 Å². The van der Waals surface area contributed by atoms with Gasteiger partial charge >= 0.3 is 0 Å². The molecule has 1 fully saturated rings. The van der Waals surface area contributed by atoms with Gasteiger partial charge in [-0.1, -0.05) is 6.42 Å². The SMILES string of the molecule is N#Cc1cc([C@@H]2CCCCN2)cs1. The summed E-state index contributed by atoms with van der Waals surface area (Å²) in [6.07, 6.45) is 3.79. The number of rotatable bonds is 1. The molecule has 0 bridgehead atoms. The highest BCUT2D eigenvalue weighted by molar-refractivity contribution is 7.10. The molecule has 3 heteroatoms. The normalized spacial score (nSPS) is 22.5. The molecule has 1 aromatic rings. The van der Waals surface area contributed by atoms with Gasteiger partial charge in [0.2, 0.25) is 0 Å². The first-order chi connectivity index (χ1) is 6.40. The summed E-state index contributed by atoms with van der Waals surface area (Å²) in [5.74, 6) is 0. The van der Waals surface area contributed by atoms with E-state index in [1.54, 1.807) is 11.3 Å². The molecule has 1 aliphatic heterocycles. The smallest absolute Gasteiger partial charge is 0.110 e. The lowest BCUT2D eigenvalue weighted by molar-refractivity contribution is 0.413. The molecule has 68 valence electrons. The van der Waals surface area contributed by atoms with E-state index in [1.165, 1.54) is 24.8 Å². The summed E-state index contributed by atoms with van der Waals surface area (Å²) >= 11 is 1.54. The Morgan fingerprint density at radius 3 is 3.08 bits per heavy atom. The van der Waals surface area contributed by atoms with Crippen LogP contribution in [0.4, 0.5) is 0 Å². The van der Waals surface area contributed by atoms with Crippen LogP contribution in [0.25, 0.3) is 0 Å². The second-order valence-electron chi connectivity index (χ2n) is 3.36. The first kappa shape index (κ1) is 8.74. The molecule has 0 unspecified atom stereocenters. The van der Waals surface area contributed by atoms with Gasteiger partial charge < -0.3 is 5.32 Å². The number of thiophene rings is 1. The highest BCUT2D eigenvalue weighted by Crippen LogP contribution is 2.26. The van der Waals surface area contributed by atoms with Gasteiger partial charge in [-0.25, -0.2) is 0 Å². The van der Waals surface area contributed by atoms with Crippen LogP contribution in [0, 0.1) is 11.3 Å². The lowest BCUT2D eigenvalue weighted by Crippen LogP contribution is -2.26. The Labute approximate surface area is 82.2 Å². The minimum atomic E-state index is 0.493. The maximum atomic E-state index is 8.69. The maximum Gasteiger partial charge on any atom is 0.110 e. The van der Waals surface area contributed by atoms with Crippen LogP contribution in [0.15, 0.2) is 11.4 Å². The van der Waals surface area contributed by atoms with E-state index < -0.39 is 0 Å². The fourth-order valence-electron chi connectivity index (χ4n) is 1.73. The maximum absolute atomic E-state index is 8.69. The second-order valence-corrected chi connectivity index (χ2v) is 4.27. The molecule has 1 atom stereocenters. The van der Waals surface area contributed by atoms with Crippen molar-refractivity contribution in [3.63, 3.8) is 0 Å². The molecular weight excluding hydrogens is 180 g/mol. The summed E-state index contributed by atoms with van der Waals surface area (Å²) in [5, 5.41) is 14.3. The van der Waals surface area contributed by atoms with Gasteiger partial charge in [-0.05, 0) is 36.4 Å². The number of hydrogen-bond donors (Lipinski definition) is 1. The van der Waals surface area contributed by atoms with Crippen molar-refractivity contribution in [1.29, 1.82) is 5.26 Å². The first-order valence-corrected chi connectivity index (χ1v) is 5.50. The molecule has 1 aromatic heterocycles. The molecule has 2 heterocycles. The molecule has 2 rings (SSSR count). The van der Waals surface area contributed by atoms with Gasteiger partial charge in [0.25, 0.3) is 0 Å². The molecule has 0 saturated carbocycles. The molecule has 1 saturated heterocycles. The number of hydrogen-bond acceptors (Lipinski definition) is 3. The quantitative estimate of drug-likeness (QED) is 0.741. The molecule has 0 aliphatic carbocycles. The zero-order chi connectivity index (χ0) is 9.10. The van der Waals surface area contributed by atoms with Crippen molar-refractivity contribution >= 4 is 11.3 Å². The molecule has 0 aromatic carbocycles. The molecule has 1 N–H and O–H groups in total. The standard InChI is InChI=1S/C10H12N2S/c11-6-9-5-8(7-13-9)10-3-1-2-4-12-10/h5,7,10,12H,1-4H2/t10-/m0/s1. The topological polar surface area (TPSA) is 35.8 Å². The third-order valence-electron chi connectivity index (χ3n) is 2.44. The van der Waals surface area contributed by atoms with Gasteiger partial charge in [0.15, 0.2) is 0 Å². The van der Waals surface area contributed by atoms with E-state index in [2.05, 4.69) is 16.8 Å². The highest BCUT2D eigenvalue weighted by Gasteiger charge is 2.15. The second kappa shape index (κ2) is 3.91. The van der Waals surface area contributed by atoms with Crippen molar-refractivity contribution in [3.05, 3.63) is 21.9 Å². The molecule has 13 heavy (non-hydrogen) atoms. The van der Waals surface area contributed by atoms with Crippen LogP contribution >= 0.6 is 11.3 Å². The Kier molecular flexibility index (Phi) is 2.62. The minimum absolute atomic E-state index is 0.493. The average Bonchev–Trinajstić information content (AvgIpc) is 2.67. The summed E-state index contributed by atoms with van der Waals surface area (Å²) in [6, 6.07) is 4.68. The summed E-state index contributed by atoms with van der Waals surface area (Å²) in [5.41, 5.74) is 1.29. The molecule has 2 nitrogen and oxygen atoms in total. The predicted molar refractivity (Wildman–Crippen MR) is 53.6 cm³/mol.